The second-order valence-corrected chi connectivity index (χ2v) is 3.93. The van der Waals surface area contributed by atoms with Crippen molar-refractivity contribution in [3.63, 3.8) is 0 Å². The molecule has 0 aliphatic carbocycles. The predicted molar refractivity (Wildman–Crippen MR) is 55.2 cm³/mol. The van der Waals surface area contributed by atoms with Crippen LogP contribution in [0.3, 0.4) is 0 Å². The van der Waals surface area contributed by atoms with Crippen molar-refractivity contribution in [1.82, 2.24) is 10.6 Å². The molecule has 0 aromatic rings. The molecule has 82 valence electrons. The van der Waals surface area contributed by atoms with E-state index in [0.29, 0.717) is 12.5 Å². The first-order valence-electron chi connectivity index (χ1n) is 5.34. The number of nitrogens with one attached hydrogen (secondary N) is 2. The summed E-state index contributed by atoms with van der Waals surface area (Å²) >= 11 is 0. The molecule has 0 bridgehead atoms. The largest absolute Gasteiger partial charge is 0.379 e. The smallest absolute Gasteiger partial charge is 0.315 e. The van der Waals surface area contributed by atoms with Crippen molar-refractivity contribution in [3.8, 4) is 0 Å². The van der Waals surface area contributed by atoms with Gasteiger partial charge >= 0.3 is 6.03 Å². The van der Waals surface area contributed by atoms with Gasteiger partial charge in [0.25, 0.3) is 0 Å². The molecule has 0 aromatic carbocycles. The third kappa shape index (κ3) is 3.96. The lowest BCUT2D eigenvalue weighted by Gasteiger charge is -2.14. The molecule has 1 fully saturated rings. The lowest BCUT2D eigenvalue weighted by molar-refractivity contribution is 0.188. The molecular weight excluding hydrogens is 180 g/mol. The quantitative estimate of drug-likeness (QED) is 0.714. The Kier molecular flexibility index (Phi) is 4.73. The van der Waals surface area contributed by atoms with Crippen molar-refractivity contribution in [2.45, 2.75) is 32.7 Å². The van der Waals surface area contributed by atoms with Gasteiger partial charge in [-0.25, -0.2) is 4.79 Å². The minimum Gasteiger partial charge on any atom is -0.379 e. The molecule has 1 saturated heterocycles. The molecule has 0 aromatic heterocycles. The summed E-state index contributed by atoms with van der Waals surface area (Å²) in [5.41, 5.74) is 0. The van der Waals surface area contributed by atoms with Gasteiger partial charge < -0.3 is 15.4 Å². The van der Waals surface area contributed by atoms with Crippen LogP contribution in [0.15, 0.2) is 0 Å². The molecule has 2 N–H and O–H groups in total. The van der Waals surface area contributed by atoms with Gasteiger partial charge in [0.1, 0.15) is 0 Å². The second kappa shape index (κ2) is 5.86. The van der Waals surface area contributed by atoms with Crippen LogP contribution in [0.25, 0.3) is 0 Å². The predicted octanol–water partition coefficient (Wildman–Crippen LogP) is 1.12. The van der Waals surface area contributed by atoms with E-state index >= 15 is 0 Å². The van der Waals surface area contributed by atoms with Crippen molar-refractivity contribution in [3.05, 3.63) is 0 Å². The van der Waals surface area contributed by atoms with Gasteiger partial charge in [-0.3, -0.25) is 0 Å². The summed E-state index contributed by atoms with van der Waals surface area (Å²) in [6, 6.07) is 0.132. The summed E-state index contributed by atoms with van der Waals surface area (Å²) < 4.78 is 5.16. The van der Waals surface area contributed by atoms with E-state index in [-0.39, 0.29) is 12.1 Å². The summed E-state index contributed by atoms with van der Waals surface area (Å²) in [7, 11) is 0. The molecule has 14 heavy (non-hydrogen) atoms. The van der Waals surface area contributed by atoms with Gasteiger partial charge in [0, 0.05) is 13.2 Å². The maximum Gasteiger partial charge on any atom is 0.315 e. The second-order valence-electron chi connectivity index (χ2n) is 3.93. The first kappa shape index (κ1) is 11.3. The number of carbonyl (C=O) groups is 1. The number of hydrogen-bond donors (Lipinski definition) is 2. The number of hydrogen-bond acceptors (Lipinski definition) is 2. The van der Waals surface area contributed by atoms with E-state index in [1.54, 1.807) is 0 Å². The van der Waals surface area contributed by atoms with Gasteiger partial charge in [-0.2, -0.15) is 0 Å². The fourth-order valence-corrected chi connectivity index (χ4v) is 1.30. The van der Waals surface area contributed by atoms with E-state index in [4.69, 9.17) is 4.74 Å². The highest BCUT2D eigenvalue weighted by Gasteiger charge is 2.17. The van der Waals surface area contributed by atoms with Gasteiger partial charge in [-0.05, 0) is 12.3 Å². The fraction of sp³-hybridized carbons (Fsp3) is 0.900. The Morgan fingerprint density at radius 1 is 1.64 bits per heavy atom. The van der Waals surface area contributed by atoms with Crippen molar-refractivity contribution in [1.29, 1.82) is 0 Å². The Morgan fingerprint density at radius 3 is 3.00 bits per heavy atom. The van der Waals surface area contributed by atoms with E-state index < -0.39 is 0 Å². The molecule has 4 nitrogen and oxygen atoms in total. The van der Waals surface area contributed by atoms with Crippen LogP contribution in [0.5, 0.6) is 0 Å². The molecule has 4 heteroatoms. The van der Waals surface area contributed by atoms with Crippen LogP contribution in [0.2, 0.25) is 0 Å². The van der Waals surface area contributed by atoms with Gasteiger partial charge in [-0.1, -0.05) is 20.3 Å². The summed E-state index contributed by atoms with van der Waals surface area (Å²) in [5, 5.41) is 5.74. The summed E-state index contributed by atoms with van der Waals surface area (Å²) in [5.74, 6) is 0.542. The summed E-state index contributed by atoms with van der Waals surface area (Å²) in [6.07, 6.45) is 2.02. The van der Waals surface area contributed by atoms with Crippen molar-refractivity contribution >= 4 is 6.03 Å². The highest BCUT2D eigenvalue weighted by atomic mass is 16.5. The van der Waals surface area contributed by atoms with E-state index in [0.717, 1.165) is 26.0 Å². The average Bonchev–Trinajstić information content (AvgIpc) is 2.66. The molecule has 0 saturated carbocycles. The van der Waals surface area contributed by atoms with Gasteiger partial charge in [-0.15, -0.1) is 0 Å². The maximum atomic E-state index is 11.3. The monoisotopic (exact) mass is 200 g/mol. The first-order valence-corrected chi connectivity index (χ1v) is 5.34. The Hall–Kier alpha value is -0.770. The number of ether oxygens (including phenoxy) is 1. The Labute approximate surface area is 85.4 Å². The van der Waals surface area contributed by atoms with E-state index in [9.17, 15) is 4.79 Å². The highest BCUT2D eigenvalue weighted by Crippen LogP contribution is 2.02. The van der Waals surface area contributed by atoms with Crippen molar-refractivity contribution in [2.24, 2.45) is 5.92 Å². The van der Waals surface area contributed by atoms with Crippen LogP contribution < -0.4 is 10.6 Å². The molecule has 1 aliphatic heterocycles. The van der Waals surface area contributed by atoms with Crippen molar-refractivity contribution in [2.75, 3.05) is 19.8 Å². The number of rotatable bonds is 4. The Bertz CT molecular complexity index is 179. The molecule has 1 aliphatic rings. The van der Waals surface area contributed by atoms with Crippen LogP contribution >= 0.6 is 0 Å². The lowest BCUT2D eigenvalue weighted by atomic mass is 10.1. The Morgan fingerprint density at radius 2 is 2.43 bits per heavy atom. The minimum absolute atomic E-state index is 0.0687. The standard InChI is InChI=1S/C10H20N2O2/c1-3-8(2)6-11-10(13)12-9-4-5-14-7-9/h8-9H,3-7H2,1-2H3,(H2,11,12,13). The Balaban J connectivity index is 2.09. The molecule has 0 spiro atoms. The number of carbonyl (C=O) groups excluding carboxylic acids is 1. The van der Waals surface area contributed by atoms with Crippen molar-refractivity contribution < 1.29 is 9.53 Å². The molecular formula is C10H20N2O2. The first-order chi connectivity index (χ1) is 6.72. The normalized spacial score (nSPS) is 23.1. The summed E-state index contributed by atoms with van der Waals surface area (Å²) in [6.45, 7) is 6.40. The molecule has 2 amide bonds. The van der Waals surface area contributed by atoms with Gasteiger partial charge in [0.2, 0.25) is 0 Å². The molecule has 2 unspecified atom stereocenters. The molecule has 1 rings (SSSR count). The average molecular weight is 200 g/mol. The van der Waals surface area contributed by atoms with E-state index in [1.807, 2.05) is 0 Å². The van der Waals surface area contributed by atoms with Gasteiger partial charge in [0.05, 0.1) is 12.6 Å². The number of amides is 2. The maximum absolute atomic E-state index is 11.3. The minimum atomic E-state index is -0.0687. The highest BCUT2D eigenvalue weighted by molar-refractivity contribution is 5.74. The third-order valence-corrected chi connectivity index (χ3v) is 2.57. The summed E-state index contributed by atoms with van der Waals surface area (Å²) in [4.78, 5) is 11.3. The van der Waals surface area contributed by atoms with E-state index in [2.05, 4.69) is 24.5 Å². The van der Waals surface area contributed by atoms with Crippen LogP contribution in [-0.4, -0.2) is 31.8 Å². The SMILES string of the molecule is CCC(C)CNC(=O)NC1CCOC1. The zero-order valence-corrected chi connectivity index (χ0v) is 9.01. The molecule has 2 atom stereocenters. The van der Waals surface area contributed by atoms with Crippen LogP contribution in [-0.2, 0) is 4.74 Å². The zero-order valence-electron chi connectivity index (χ0n) is 9.01. The van der Waals surface area contributed by atoms with Gasteiger partial charge in [0.15, 0.2) is 0 Å². The van der Waals surface area contributed by atoms with Crippen LogP contribution in [0.4, 0.5) is 4.79 Å². The van der Waals surface area contributed by atoms with Crippen LogP contribution in [0, 0.1) is 5.92 Å². The lowest BCUT2D eigenvalue weighted by Crippen LogP contribution is -2.43. The molecule has 0 radical (unpaired) electrons. The third-order valence-electron chi connectivity index (χ3n) is 2.57. The fourth-order valence-electron chi connectivity index (χ4n) is 1.30. The molecule has 1 heterocycles. The topological polar surface area (TPSA) is 50.4 Å². The van der Waals surface area contributed by atoms with E-state index in [1.165, 1.54) is 0 Å². The zero-order chi connectivity index (χ0) is 10.4. The van der Waals surface area contributed by atoms with Crippen LogP contribution in [0.1, 0.15) is 26.7 Å². The number of urea groups is 1.